The van der Waals surface area contributed by atoms with Crippen molar-refractivity contribution < 1.29 is 14.6 Å². The number of phenols is 1. The second-order valence-electron chi connectivity index (χ2n) is 5.56. The molecule has 0 saturated heterocycles. The molecule has 0 fully saturated rings. The summed E-state index contributed by atoms with van der Waals surface area (Å²) >= 11 is 0. The summed E-state index contributed by atoms with van der Waals surface area (Å²) in [6.45, 7) is 0. The number of hydrogen-bond donors (Lipinski definition) is 1. The summed E-state index contributed by atoms with van der Waals surface area (Å²) in [5.74, 6) is 2.56. The monoisotopic (exact) mass is 304 g/mol. The Morgan fingerprint density at radius 3 is 2.61 bits per heavy atom. The lowest BCUT2D eigenvalue weighted by molar-refractivity contribution is 0.416. The van der Waals surface area contributed by atoms with Gasteiger partial charge in [0.2, 0.25) is 0 Å². The Hall–Kier alpha value is -2.94. The Morgan fingerprint density at radius 2 is 1.74 bits per heavy atom. The highest BCUT2D eigenvalue weighted by Crippen LogP contribution is 2.44. The first-order chi connectivity index (χ1) is 11.3. The highest BCUT2D eigenvalue weighted by Gasteiger charge is 2.21. The third-order valence-electron chi connectivity index (χ3n) is 4.16. The van der Waals surface area contributed by atoms with Gasteiger partial charge in [-0.3, -0.25) is 0 Å². The van der Waals surface area contributed by atoms with Crippen LogP contribution in [-0.2, 0) is 6.42 Å². The number of phenolic OH excluding ortho intramolecular Hbond substituents is 1. The van der Waals surface area contributed by atoms with Crippen LogP contribution in [0.15, 0.2) is 60.7 Å². The molecular formula is C20H16O3. The van der Waals surface area contributed by atoms with Crippen LogP contribution in [0.4, 0.5) is 0 Å². The summed E-state index contributed by atoms with van der Waals surface area (Å²) in [6.07, 6.45) is 0.670. The summed E-state index contributed by atoms with van der Waals surface area (Å²) < 4.78 is 11.4. The van der Waals surface area contributed by atoms with Gasteiger partial charge < -0.3 is 14.6 Å². The van der Waals surface area contributed by atoms with Crippen molar-refractivity contribution in [2.45, 2.75) is 6.42 Å². The summed E-state index contributed by atoms with van der Waals surface area (Å²) in [4.78, 5) is 0. The van der Waals surface area contributed by atoms with E-state index in [1.165, 1.54) is 0 Å². The van der Waals surface area contributed by atoms with E-state index in [1.54, 1.807) is 13.2 Å². The topological polar surface area (TPSA) is 38.7 Å². The third-order valence-corrected chi connectivity index (χ3v) is 4.16. The minimum atomic E-state index is 0.248. The van der Waals surface area contributed by atoms with Gasteiger partial charge in [-0.2, -0.15) is 0 Å². The van der Waals surface area contributed by atoms with Crippen molar-refractivity contribution in [2.24, 2.45) is 0 Å². The van der Waals surface area contributed by atoms with Gasteiger partial charge in [-0.1, -0.05) is 36.4 Å². The fourth-order valence-electron chi connectivity index (χ4n) is 3.00. The van der Waals surface area contributed by atoms with Crippen molar-refractivity contribution in [3.63, 3.8) is 0 Å². The maximum Gasteiger partial charge on any atom is 0.135 e. The number of methoxy groups -OCH3 is 1. The number of aromatic hydroxyl groups is 1. The molecule has 3 aromatic rings. The fraction of sp³-hybridized carbons (Fsp3) is 0.100. The van der Waals surface area contributed by atoms with E-state index in [2.05, 4.69) is 0 Å². The molecule has 0 aromatic heterocycles. The van der Waals surface area contributed by atoms with E-state index < -0.39 is 0 Å². The van der Waals surface area contributed by atoms with Gasteiger partial charge in [0.15, 0.2) is 0 Å². The molecule has 1 heterocycles. The number of para-hydroxylation sites is 2. The van der Waals surface area contributed by atoms with Crippen LogP contribution in [0.3, 0.4) is 0 Å². The molecule has 114 valence electrons. The first-order valence-corrected chi connectivity index (χ1v) is 7.51. The van der Waals surface area contributed by atoms with Gasteiger partial charge in [-0.05, 0) is 35.4 Å². The molecule has 1 aliphatic heterocycles. The lowest BCUT2D eigenvalue weighted by Crippen LogP contribution is -2.03. The van der Waals surface area contributed by atoms with Crippen LogP contribution in [-0.4, -0.2) is 12.2 Å². The van der Waals surface area contributed by atoms with Gasteiger partial charge >= 0.3 is 0 Å². The highest BCUT2D eigenvalue weighted by atomic mass is 16.5. The normalized spacial score (nSPS) is 12.0. The van der Waals surface area contributed by atoms with Crippen molar-refractivity contribution in [3.8, 4) is 34.1 Å². The van der Waals surface area contributed by atoms with Crippen LogP contribution in [0.2, 0.25) is 0 Å². The molecule has 4 rings (SSSR count). The predicted octanol–water partition coefficient (Wildman–Crippen LogP) is 4.76. The molecule has 3 heteroatoms. The molecule has 23 heavy (non-hydrogen) atoms. The van der Waals surface area contributed by atoms with Crippen LogP contribution in [0.1, 0.15) is 11.1 Å². The molecule has 0 bridgehead atoms. The molecule has 0 spiro atoms. The average Bonchev–Trinajstić information content (AvgIpc) is 2.60. The maximum atomic E-state index is 10.5. The number of ether oxygens (including phenoxy) is 2. The largest absolute Gasteiger partial charge is 0.507 e. The average molecular weight is 304 g/mol. The zero-order valence-corrected chi connectivity index (χ0v) is 12.7. The van der Waals surface area contributed by atoms with E-state index in [9.17, 15) is 5.11 Å². The quantitative estimate of drug-likeness (QED) is 0.580. The van der Waals surface area contributed by atoms with E-state index in [1.807, 2.05) is 54.6 Å². The Morgan fingerprint density at radius 1 is 0.957 bits per heavy atom. The Kier molecular flexibility index (Phi) is 3.19. The molecule has 3 aromatic carbocycles. The van der Waals surface area contributed by atoms with E-state index in [4.69, 9.17) is 9.47 Å². The first kappa shape index (κ1) is 13.7. The molecule has 0 atom stereocenters. The molecular weight excluding hydrogens is 288 g/mol. The lowest BCUT2D eigenvalue weighted by Gasteiger charge is -2.22. The number of benzene rings is 3. The van der Waals surface area contributed by atoms with E-state index >= 15 is 0 Å². The SMILES string of the molecule is COc1ccccc1-c1cc(O)c2c(c1)Oc1ccccc1C2. The zero-order chi connectivity index (χ0) is 15.8. The van der Waals surface area contributed by atoms with Crippen LogP contribution < -0.4 is 9.47 Å². The molecule has 0 unspecified atom stereocenters. The minimum absolute atomic E-state index is 0.248. The van der Waals surface area contributed by atoms with Crippen molar-refractivity contribution >= 4 is 0 Å². The smallest absolute Gasteiger partial charge is 0.135 e. The highest BCUT2D eigenvalue weighted by molar-refractivity contribution is 5.75. The summed E-state index contributed by atoms with van der Waals surface area (Å²) in [6, 6.07) is 19.4. The Balaban J connectivity index is 1.83. The number of hydrogen-bond acceptors (Lipinski definition) is 3. The minimum Gasteiger partial charge on any atom is -0.507 e. The molecule has 1 N–H and O–H groups in total. The van der Waals surface area contributed by atoms with Crippen molar-refractivity contribution in [2.75, 3.05) is 7.11 Å². The van der Waals surface area contributed by atoms with Gasteiger partial charge in [-0.25, -0.2) is 0 Å². The Labute approximate surface area is 134 Å². The van der Waals surface area contributed by atoms with Gasteiger partial charge in [0.05, 0.1) is 7.11 Å². The van der Waals surface area contributed by atoms with Gasteiger partial charge in [0.1, 0.15) is 23.0 Å². The fourth-order valence-corrected chi connectivity index (χ4v) is 3.00. The van der Waals surface area contributed by atoms with E-state index in [0.717, 1.165) is 33.8 Å². The standard InChI is InChI=1S/C20H16O3/c1-22-19-9-5-3-7-15(19)14-11-17(21)16-10-13-6-2-4-8-18(13)23-20(16)12-14/h2-9,11-12,21H,10H2,1H3. The lowest BCUT2D eigenvalue weighted by atomic mass is 9.95. The molecule has 0 radical (unpaired) electrons. The maximum absolute atomic E-state index is 10.5. The number of rotatable bonds is 2. The zero-order valence-electron chi connectivity index (χ0n) is 12.7. The van der Waals surface area contributed by atoms with Crippen molar-refractivity contribution in [3.05, 3.63) is 71.8 Å². The van der Waals surface area contributed by atoms with Crippen LogP contribution >= 0.6 is 0 Å². The first-order valence-electron chi connectivity index (χ1n) is 7.51. The molecule has 3 nitrogen and oxygen atoms in total. The molecule has 0 amide bonds. The van der Waals surface area contributed by atoms with E-state index in [-0.39, 0.29) is 5.75 Å². The van der Waals surface area contributed by atoms with Crippen molar-refractivity contribution in [1.82, 2.24) is 0 Å². The second kappa shape index (κ2) is 5.36. The summed E-state index contributed by atoms with van der Waals surface area (Å²) in [5, 5.41) is 10.5. The van der Waals surface area contributed by atoms with Crippen LogP contribution in [0, 0.1) is 0 Å². The van der Waals surface area contributed by atoms with Gasteiger partial charge in [-0.15, -0.1) is 0 Å². The number of fused-ring (bicyclic) bond motifs is 2. The van der Waals surface area contributed by atoms with Crippen LogP contribution in [0.5, 0.6) is 23.0 Å². The van der Waals surface area contributed by atoms with Gasteiger partial charge in [0, 0.05) is 17.5 Å². The molecule has 1 aliphatic rings. The van der Waals surface area contributed by atoms with Crippen LogP contribution in [0.25, 0.3) is 11.1 Å². The summed E-state index contributed by atoms with van der Waals surface area (Å²) in [5.41, 5.74) is 3.70. The third kappa shape index (κ3) is 2.30. The molecule has 0 aliphatic carbocycles. The molecule has 0 saturated carbocycles. The summed E-state index contributed by atoms with van der Waals surface area (Å²) in [7, 11) is 1.64. The van der Waals surface area contributed by atoms with E-state index in [0.29, 0.717) is 12.2 Å². The second-order valence-corrected chi connectivity index (χ2v) is 5.56. The Bertz CT molecular complexity index is 884. The van der Waals surface area contributed by atoms with Gasteiger partial charge in [0.25, 0.3) is 0 Å². The predicted molar refractivity (Wildman–Crippen MR) is 89.4 cm³/mol. The van der Waals surface area contributed by atoms with Crippen molar-refractivity contribution in [1.29, 1.82) is 0 Å².